The van der Waals surface area contributed by atoms with Crippen LogP contribution in [0.3, 0.4) is 0 Å². The van der Waals surface area contributed by atoms with Crippen molar-refractivity contribution in [1.82, 2.24) is 50.7 Å². The number of aliphatic hydroxyl groups excluding tert-OH is 6. The van der Waals surface area contributed by atoms with Crippen LogP contribution in [-0.4, -0.2) is 360 Å². The van der Waals surface area contributed by atoms with E-state index in [-0.39, 0.29) is 146 Å². The fourth-order valence-electron chi connectivity index (χ4n) is 17.5. The molecule has 3 aliphatic rings. The van der Waals surface area contributed by atoms with E-state index in [0.29, 0.717) is 12.8 Å². The molecule has 11 amide bonds. The highest BCUT2D eigenvalue weighted by Gasteiger charge is 2.46. The highest BCUT2D eigenvalue weighted by molar-refractivity contribution is 6.13. The SMILES string of the molecule is CCC(C)C(C(CC(N)=O)OC)N(C)C(=O)[C@@H](NC(=O)[C@H](C(C)C)N(C)C(=O)OC(C/C(N)=C/NCCN(CCN/C=C(/CC(OC(=O)N(C)[C@H](C(=O)N[C@H](C(=O)N(C)[C@@H](C(C)CC)C(CC(N)=O)OC)C(C)C)C(C)C)c1ccc(OC2C[C@@H](O)C(O)[C@@H](CO)O2)c2cc(C(=O)O)oc12)N=N)C(=O)COCCOCCN1C(=O)C=CC1=O)c1ccc(OC2C[C@@H](O)C(O)[C@@H](CO)O2)c2cc(C(=O)O)oc12)C(C)C. The molecule has 802 valence electrons. The van der Waals surface area contributed by atoms with E-state index in [1.165, 1.54) is 93.8 Å². The van der Waals surface area contributed by atoms with Crippen LogP contribution < -0.4 is 47.9 Å². The molecular weight excluding hydrogens is 1890 g/mol. The highest BCUT2D eigenvalue weighted by Crippen LogP contribution is 2.43. The number of rotatable bonds is 59. The number of fused-ring (bicyclic) bond motifs is 2. The minimum atomic E-state index is -1.65. The second kappa shape index (κ2) is 55.7. The summed E-state index contributed by atoms with van der Waals surface area (Å²) in [5.74, 6) is -13.3. The van der Waals surface area contributed by atoms with Gasteiger partial charge in [-0.25, -0.2) is 24.7 Å². The molecule has 48 heteroatoms. The average Bonchev–Trinajstić information content (AvgIpc) is 1.61. The van der Waals surface area contributed by atoms with Gasteiger partial charge in [-0.2, -0.15) is 5.11 Å². The van der Waals surface area contributed by atoms with Crippen molar-refractivity contribution in [3.8, 4) is 11.5 Å². The molecule has 2 fully saturated rings. The van der Waals surface area contributed by atoms with Gasteiger partial charge in [0.15, 0.2) is 0 Å². The summed E-state index contributed by atoms with van der Waals surface area (Å²) in [7, 11) is 8.38. The van der Waals surface area contributed by atoms with E-state index in [9.17, 15) is 93.6 Å². The third-order valence-corrected chi connectivity index (χ3v) is 25.7. The Hall–Kier alpha value is -12.2. The number of imide groups is 1. The van der Waals surface area contributed by atoms with E-state index in [4.69, 9.17) is 78.9 Å². The Morgan fingerprint density at radius 2 is 0.958 bits per heavy atom. The molecule has 3 aliphatic heterocycles. The van der Waals surface area contributed by atoms with Gasteiger partial charge in [0, 0.05) is 148 Å². The molecule has 20 atom stereocenters. The smallest absolute Gasteiger partial charge is 0.410 e. The molecule has 48 nitrogen and oxygen atoms in total. The number of likely N-dealkylation sites (N-methyl/N-ethyl adjacent to an activating group) is 4. The fraction of sp³-hybridized carbons (Fsp3) is 0.635. The molecule has 5 heterocycles. The first-order chi connectivity index (χ1) is 68.0. The number of methoxy groups -OCH3 is 2. The van der Waals surface area contributed by atoms with Crippen LogP contribution in [0, 0.1) is 41.0 Å². The Kier molecular flexibility index (Phi) is 46.0. The van der Waals surface area contributed by atoms with Crippen molar-refractivity contribution in [2.45, 2.75) is 244 Å². The van der Waals surface area contributed by atoms with E-state index in [2.05, 4.69) is 26.4 Å². The fourth-order valence-corrected chi connectivity index (χ4v) is 17.5. The number of carbonyl (C=O) groups is 13. The van der Waals surface area contributed by atoms with Gasteiger partial charge in [0.1, 0.15) is 90.1 Å². The number of benzene rings is 2. The van der Waals surface area contributed by atoms with Crippen molar-refractivity contribution in [3.05, 3.63) is 95.0 Å². The van der Waals surface area contributed by atoms with Crippen LogP contribution in [0.2, 0.25) is 0 Å². The number of amides is 11. The number of carboxylic acid groups (broad SMARTS) is 2. The molecule has 2 saturated heterocycles. The molecule has 0 aliphatic carbocycles. The number of ether oxygens (including phenoxy) is 10. The number of nitrogens with one attached hydrogen (secondary N) is 5. The number of furan rings is 2. The Balaban J connectivity index is 1.23. The predicted octanol–water partition coefficient (Wildman–Crippen LogP) is 3.19. The van der Waals surface area contributed by atoms with Crippen molar-refractivity contribution in [2.75, 3.05) is 115 Å². The summed E-state index contributed by atoms with van der Waals surface area (Å²) < 4.78 is 71.3. The molecule has 0 spiro atoms. The first-order valence-electron chi connectivity index (χ1n) is 47.8. The summed E-state index contributed by atoms with van der Waals surface area (Å²) in [6.45, 7) is 17.9. The Bertz CT molecular complexity index is 5120. The largest absolute Gasteiger partial charge is 0.475 e. The van der Waals surface area contributed by atoms with E-state index >= 15 is 9.59 Å². The molecule has 144 heavy (non-hydrogen) atoms. The van der Waals surface area contributed by atoms with Crippen molar-refractivity contribution >= 4 is 99.2 Å². The quantitative estimate of drug-likeness (QED) is 0.0171. The van der Waals surface area contributed by atoms with Gasteiger partial charge in [-0.3, -0.25) is 57.9 Å². The average molecular weight is 2040 g/mol. The van der Waals surface area contributed by atoms with Crippen LogP contribution in [0.4, 0.5) is 9.59 Å². The van der Waals surface area contributed by atoms with Crippen LogP contribution in [0.25, 0.3) is 21.9 Å². The molecule has 11 unspecified atom stereocenters. The molecule has 0 bridgehead atoms. The van der Waals surface area contributed by atoms with Crippen molar-refractivity contribution in [1.29, 1.82) is 5.53 Å². The van der Waals surface area contributed by atoms with E-state index in [1.54, 1.807) is 55.4 Å². The van der Waals surface area contributed by atoms with Crippen molar-refractivity contribution < 1.29 is 159 Å². The number of primary amides is 2. The second-order valence-corrected chi connectivity index (χ2v) is 37.4. The number of carbonyl (C=O) groups excluding carboxylic acids is 11. The Morgan fingerprint density at radius 3 is 1.33 bits per heavy atom. The maximum Gasteiger partial charge on any atom is 0.410 e. The number of carboxylic acids is 2. The van der Waals surface area contributed by atoms with E-state index < -0.39 is 255 Å². The van der Waals surface area contributed by atoms with Crippen molar-refractivity contribution in [2.24, 2.45) is 57.8 Å². The zero-order valence-electron chi connectivity index (χ0n) is 84.7. The third kappa shape index (κ3) is 31.6. The maximum atomic E-state index is 15.1. The Morgan fingerprint density at radius 1 is 0.556 bits per heavy atom. The van der Waals surface area contributed by atoms with Gasteiger partial charge in [0.2, 0.25) is 65.5 Å². The van der Waals surface area contributed by atoms with Gasteiger partial charge in [-0.15, -0.1) is 0 Å². The van der Waals surface area contributed by atoms with Crippen LogP contribution in [0.1, 0.15) is 179 Å². The molecule has 0 saturated carbocycles. The summed E-state index contributed by atoms with van der Waals surface area (Å²) in [5, 5.41) is 99.0. The summed E-state index contributed by atoms with van der Waals surface area (Å²) in [6.07, 6.45) is -14.6. The zero-order valence-corrected chi connectivity index (χ0v) is 84.7. The number of nitrogens with zero attached hydrogens (tertiary/aromatic N) is 7. The summed E-state index contributed by atoms with van der Waals surface area (Å²) in [6, 6.07) is 0.981. The van der Waals surface area contributed by atoms with Crippen LogP contribution in [-0.2, 0) is 81.0 Å². The molecule has 19 N–H and O–H groups in total. The van der Waals surface area contributed by atoms with Gasteiger partial charge in [-0.05, 0) is 59.8 Å². The van der Waals surface area contributed by atoms with Crippen molar-refractivity contribution in [3.63, 3.8) is 0 Å². The van der Waals surface area contributed by atoms with Crippen LogP contribution in [0.5, 0.6) is 11.5 Å². The van der Waals surface area contributed by atoms with Gasteiger partial charge < -0.3 is 150 Å². The third-order valence-electron chi connectivity index (χ3n) is 25.7. The minimum absolute atomic E-state index is 0.0269. The van der Waals surface area contributed by atoms with Gasteiger partial charge >= 0.3 is 24.1 Å². The van der Waals surface area contributed by atoms with Gasteiger partial charge in [-0.1, -0.05) is 95.9 Å². The van der Waals surface area contributed by atoms with Gasteiger partial charge in [0.25, 0.3) is 11.8 Å². The van der Waals surface area contributed by atoms with E-state index in [1.807, 2.05) is 27.7 Å². The lowest BCUT2D eigenvalue weighted by atomic mass is 9.89. The molecule has 2 aromatic carbocycles. The molecular formula is C96H145N15O33. The normalized spacial score (nSPS) is 20.3. The molecule has 7 rings (SSSR count). The predicted molar refractivity (Wildman–Crippen MR) is 513 cm³/mol. The monoisotopic (exact) mass is 2040 g/mol. The number of nitrogens with two attached hydrogens (primary N) is 3. The molecule has 4 aromatic rings. The summed E-state index contributed by atoms with van der Waals surface area (Å²) in [4.78, 5) is 186. The maximum absolute atomic E-state index is 15.1. The first-order valence-corrected chi connectivity index (χ1v) is 47.8. The lowest BCUT2D eigenvalue weighted by Crippen LogP contribution is -2.60. The van der Waals surface area contributed by atoms with Crippen LogP contribution in [0.15, 0.2) is 86.3 Å². The van der Waals surface area contributed by atoms with Gasteiger partial charge in [0.05, 0.1) is 105 Å². The minimum Gasteiger partial charge on any atom is -0.475 e. The first kappa shape index (κ1) is 119. The van der Waals surface area contributed by atoms with E-state index in [0.717, 1.165) is 39.0 Å². The number of aliphatic hydroxyl groups is 6. The summed E-state index contributed by atoms with van der Waals surface area (Å²) in [5.41, 5.74) is 25.8. The topological polar surface area (TPSA) is 684 Å². The standard InChI is InChI=1S/C96H145N15O33/c1-19-52(11)83(66(133-17)41-72(98)116)106(13)91(125)79(48(3)4)103-89(123)81(50(7)8)108(15)95(131)143-64(56-21-23-62(58-37-68(93(127)128)141-87(56)58)137-77-39-60(114)85(121)70(45-112)139-77)35-54(97)43-101-27-29-110(76(120)47-136-34-33-135-32-31-111-74(118)25-26-75(111)119)30-28-102-44-55(105-100)36-65(57-22-24-63(59-38-69(94(129)130)142-88(57)59)138-78-40-61(115)86(122)71(46-113)140-78)144-96(132)109(16)82(51(9)10)90(124)104-80(49(5)6)92(126)107(14)84(53(12)20-2)67(134-18)42-73(99)117/h21-26,37-38,43-44,48-53,60-61,64-67,70-71,77-86,100-102,112-115,121-122H,19-20,27-36,39-42,45-47,97H2,1-18H3,(H2,98,116)(H2,99,117)(H,103,123)(H,104,124)(H,127,128)(H,129,130)/b54-43-,55-44-,105-100?/t52?,53?,60-,61-,64?,65?,66?,67?,70-,71-,77?,78?,79+,80+,81+,82+,83?,84+,85?,86?/m1/s1. The number of hydrogen-bond acceptors (Lipinski definition) is 36. The number of hydrogen-bond donors (Lipinski definition) is 16. The Labute approximate surface area is 834 Å². The zero-order chi connectivity index (χ0) is 107. The lowest BCUT2D eigenvalue weighted by Gasteiger charge is -2.40. The lowest BCUT2D eigenvalue weighted by molar-refractivity contribution is -0.229. The number of aromatic carboxylic acids is 2. The molecule has 2 aromatic heterocycles. The second-order valence-electron chi connectivity index (χ2n) is 37.4. The molecule has 0 radical (unpaired) electrons. The van der Waals surface area contributed by atoms with Crippen LogP contribution >= 0.6 is 0 Å². The summed E-state index contributed by atoms with van der Waals surface area (Å²) >= 11 is 0. The highest BCUT2D eigenvalue weighted by atomic mass is 16.7.